The van der Waals surface area contributed by atoms with Crippen molar-refractivity contribution in [1.82, 2.24) is 25.1 Å². The molecule has 0 saturated carbocycles. The number of nitro groups is 1. The van der Waals surface area contributed by atoms with E-state index >= 15 is 0 Å². The molecule has 0 aliphatic heterocycles. The number of fused-ring (bicyclic) bond motifs is 1. The van der Waals surface area contributed by atoms with Crippen LogP contribution in [0.1, 0.15) is 18.7 Å². The van der Waals surface area contributed by atoms with Crippen molar-refractivity contribution in [3.63, 3.8) is 0 Å². The molecule has 9 nitrogen and oxygen atoms in total. The van der Waals surface area contributed by atoms with Crippen molar-refractivity contribution in [2.24, 2.45) is 0 Å². The number of carbonyl (C=O) groups excluding carboxylic acids is 1. The lowest BCUT2D eigenvalue weighted by molar-refractivity contribution is -0.385. The van der Waals surface area contributed by atoms with Crippen LogP contribution >= 0.6 is 0 Å². The number of rotatable bonds is 8. The van der Waals surface area contributed by atoms with Crippen LogP contribution in [0, 0.1) is 10.1 Å². The highest BCUT2D eigenvalue weighted by atomic mass is 16.6. The highest BCUT2D eigenvalue weighted by Gasteiger charge is 2.09. The topological polar surface area (TPSA) is 119 Å². The van der Waals surface area contributed by atoms with Crippen molar-refractivity contribution in [3.05, 3.63) is 52.6 Å². The molecule has 0 radical (unpaired) electrons. The van der Waals surface area contributed by atoms with E-state index in [1.165, 1.54) is 17.1 Å². The first-order chi connectivity index (χ1) is 12.1. The number of imidazole rings is 1. The van der Waals surface area contributed by atoms with Crippen molar-refractivity contribution >= 4 is 22.6 Å². The average molecular weight is 342 g/mol. The van der Waals surface area contributed by atoms with Crippen LogP contribution in [0.3, 0.4) is 0 Å². The molecule has 3 aromatic rings. The normalized spacial score (nSPS) is 10.9. The van der Waals surface area contributed by atoms with E-state index in [0.717, 1.165) is 16.9 Å². The molecule has 9 heteroatoms. The molecule has 0 aliphatic carbocycles. The number of hydrogen-bond acceptors (Lipinski definition) is 5. The number of H-pyrrole nitrogens is 1. The van der Waals surface area contributed by atoms with Gasteiger partial charge in [0.25, 0.3) is 0 Å². The number of benzene rings is 1. The fourth-order valence-electron chi connectivity index (χ4n) is 2.50. The zero-order chi connectivity index (χ0) is 17.6. The summed E-state index contributed by atoms with van der Waals surface area (Å²) in [5.41, 5.74) is 1.85. The fourth-order valence-corrected chi connectivity index (χ4v) is 2.50. The second-order valence-corrected chi connectivity index (χ2v) is 5.62. The Morgan fingerprint density at radius 3 is 2.96 bits per heavy atom. The van der Waals surface area contributed by atoms with Crippen LogP contribution in [-0.2, 0) is 17.8 Å². The third-order valence-electron chi connectivity index (χ3n) is 3.74. The summed E-state index contributed by atoms with van der Waals surface area (Å²) in [6, 6.07) is 7.78. The third kappa shape index (κ3) is 4.40. The largest absolute Gasteiger partial charge is 0.356 e. The molecule has 2 N–H and O–H groups in total. The van der Waals surface area contributed by atoms with E-state index in [9.17, 15) is 14.9 Å². The molecule has 0 atom stereocenters. The number of carbonyl (C=O) groups is 1. The summed E-state index contributed by atoms with van der Waals surface area (Å²) in [6.07, 6.45) is 4.10. The molecular weight excluding hydrogens is 324 g/mol. The van der Waals surface area contributed by atoms with Gasteiger partial charge in [-0.1, -0.05) is 12.1 Å². The van der Waals surface area contributed by atoms with Gasteiger partial charge in [0, 0.05) is 25.9 Å². The van der Waals surface area contributed by atoms with Gasteiger partial charge in [0.1, 0.15) is 18.2 Å². The van der Waals surface area contributed by atoms with E-state index in [4.69, 9.17) is 0 Å². The molecule has 0 fully saturated rings. The van der Waals surface area contributed by atoms with Crippen LogP contribution in [-0.4, -0.2) is 37.1 Å². The van der Waals surface area contributed by atoms with Gasteiger partial charge < -0.3 is 10.3 Å². The monoisotopic (exact) mass is 342 g/mol. The average Bonchev–Trinajstić information content (AvgIpc) is 3.21. The lowest BCUT2D eigenvalue weighted by atomic mass is 10.3. The molecule has 0 bridgehead atoms. The summed E-state index contributed by atoms with van der Waals surface area (Å²) < 4.78 is 1.47. The number of nitrogens with one attached hydrogen (secondary N) is 2. The molecule has 0 unspecified atom stereocenters. The highest BCUT2D eigenvalue weighted by molar-refractivity contribution is 5.76. The van der Waals surface area contributed by atoms with Gasteiger partial charge in [-0.2, -0.15) is 5.10 Å². The van der Waals surface area contributed by atoms with Gasteiger partial charge >= 0.3 is 5.69 Å². The van der Waals surface area contributed by atoms with E-state index in [1.807, 2.05) is 24.3 Å². The summed E-state index contributed by atoms with van der Waals surface area (Å²) in [6.45, 7) is 0.969. The first-order valence-corrected chi connectivity index (χ1v) is 7.99. The minimum Gasteiger partial charge on any atom is -0.356 e. The molecule has 2 aromatic heterocycles. The summed E-state index contributed by atoms with van der Waals surface area (Å²) in [5.74, 6) is 0.781. The van der Waals surface area contributed by atoms with Gasteiger partial charge in [-0.25, -0.2) is 4.98 Å². The van der Waals surface area contributed by atoms with E-state index in [1.54, 1.807) is 0 Å². The van der Waals surface area contributed by atoms with Crippen LogP contribution in [0.2, 0.25) is 0 Å². The van der Waals surface area contributed by atoms with Gasteiger partial charge in [-0.05, 0) is 18.6 Å². The van der Waals surface area contributed by atoms with Crippen LogP contribution < -0.4 is 5.32 Å². The lowest BCUT2D eigenvalue weighted by Gasteiger charge is -2.04. The number of aromatic amines is 1. The quantitative estimate of drug-likeness (QED) is 0.478. The van der Waals surface area contributed by atoms with Crippen molar-refractivity contribution in [3.8, 4) is 0 Å². The van der Waals surface area contributed by atoms with Gasteiger partial charge in [-0.15, -0.1) is 0 Å². The molecule has 2 heterocycles. The zero-order valence-electron chi connectivity index (χ0n) is 13.5. The Morgan fingerprint density at radius 1 is 1.36 bits per heavy atom. The SMILES string of the molecule is O=C(CCCn1cc([N+](=O)[O-])cn1)NCCc1nc2ccccc2[nH]1. The number of para-hydroxylation sites is 2. The number of aromatic nitrogens is 4. The molecule has 0 aliphatic rings. The Hall–Kier alpha value is -3.23. The van der Waals surface area contributed by atoms with E-state index in [0.29, 0.717) is 32.4 Å². The first-order valence-electron chi connectivity index (χ1n) is 7.99. The second-order valence-electron chi connectivity index (χ2n) is 5.62. The maximum atomic E-state index is 11.8. The Kier molecular flexibility index (Phi) is 5.03. The molecule has 1 aromatic carbocycles. The zero-order valence-corrected chi connectivity index (χ0v) is 13.5. The van der Waals surface area contributed by atoms with Gasteiger partial charge in [-0.3, -0.25) is 19.6 Å². The number of hydrogen-bond donors (Lipinski definition) is 2. The predicted octanol–water partition coefficient (Wildman–Crippen LogP) is 1.81. The number of aryl methyl sites for hydroxylation is 1. The van der Waals surface area contributed by atoms with Crippen LogP contribution in [0.5, 0.6) is 0 Å². The third-order valence-corrected chi connectivity index (χ3v) is 3.74. The molecule has 130 valence electrons. The van der Waals surface area contributed by atoms with Gasteiger partial charge in [0.05, 0.1) is 16.0 Å². The van der Waals surface area contributed by atoms with E-state index in [2.05, 4.69) is 20.4 Å². The fraction of sp³-hybridized carbons (Fsp3) is 0.312. The van der Waals surface area contributed by atoms with E-state index < -0.39 is 4.92 Å². The molecule has 3 rings (SSSR count). The summed E-state index contributed by atoms with van der Waals surface area (Å²) in [5, 5.41) is 17.3. The van der Waals surface area contributed by atoms with Crippen LogP contribution in [0.25, 0.3) is 11.0 Å². The minimum absolute atomic E-state index is 0.0460. The Morgan fingerprint density at radius 2 is 2.20 bits per heavy atom. The van der Waals surface area contributed by atoms with Crippen molar-refractivity contribution in [2.45, 2.75) is 25.8 Å². The maximum Gasteiger partial charge on any atom is 0.306 e. The summed E-state index contributed by atoms with van der Waals surface area (Å²) >= 11 is 0. The maximum absolute atomic E-state index is 11.8. The van der Waals surface area contributed by atoms with Crippen LogP contribution in [0.15, 0.2) is 36.7 Å². The smallest absolute Gasteiger partial charge is 0.306 e. The standard InChI is InChI=1S/C16H18N6O3/c23-16(6-3-9-21-11-12(10-18-21)22(24)25)17-8-7-15-19-13-4-1-2-5-14(13)20-15/h1-2,4-5,10-11H,3,6-9H2,(H,17,23)(H,19,20). The summed E-state index contributed by atoms with van der Waals surface area (Å²) in [7, 11) is 0. The number of nitrogens with zero attached hydrogens (tertiary/aromatic N) is 4. The van der Waals surface area contributed by atoms with Gasteiger partial charge in [0.2, 0.25) is 5.91 Å². The molecule has 0 spiro atoms. The Labute approximate surface area is 143 Å². The number of amides is 1. The van der Waals surface area contributed by atoms with Gasteiger partial charge in [0.15, 0.2) is 0 Å². The molecular formula is C16H18N6O3. The summed E-state index contributed by atoms with van der Waals surface area (Å²) in [4.78, 5) is 29.6. The molecule has 1 amide bonds. The highest BCUT2D eigenvalue weighted by Crippen LogP contribution is 2.10. The second kappa shape index (κ2) is 7.56. The lowest BCUT2D eigenvalue weighted by Crippen LogP contribution is -2.25. The van der Waals surface area contributed by atoms with Crippen molar-refractivity contribution in [2.75, 3.05) is 6.54 Å². The van der Waals surface area contributed by atoms with Crippen molar-refractivity contribution < 1.29 is 9.72 Å². The molecule has 0 saturated heterocycles. The van der Waals surface area contributed by atoms with Crippen molar-refractivity contribution in [1.29, 1.82) is 0 Å². The first kappa shape index (κ1) is 16.6. The Balaban J connectivity index is 1.37. The predicted molar refractivity (Wildman–Crippen MR) is 90.9 cm³/mol. The van der Waals surface area contributed by atoms with E-state index in [-0.39, 0.29) is 11.6 Å². The van der Waals surface area contributed by atoms with Crippen LogP contribution in [0.4, 0.5) is 5.69 Å². The molecule has 25 heavy (non-hydrogen) atoms. The Bertz CT molecular complexity index is 852. The minimum atomic E-state index is -0.492.